The van der Waals surface area contributed by atoms with E-state index in [1.807, 2.05) is 4.72 Å². The van der Waals surface area contributed by atoms with Crippen LogP contribution in [0.15, 0.2) is 35.0 Å². The van der Waals surface area contributed by atoms with E-state index in [-0.39, 0.29) is 10.7 Å². The monoisotopic (exact) mass is 375 g/mol. The molecule has 0 radical (unpaired) electrons. The van der Waals surface area contributed by atoms with Crippen molar-refractivity contribution in [3.63, 3.8) is 0 Å². The minimum Gasteiger partial charge on any atom is -0.289 e. The van der Waals surface area contributed by atoms with Crippen molar-refractivity contribution in [2.45, 2.75) is 24.7 Å². The maximum Gasteiger partial charge on any atom is 0.332 e. The molecule has 0 aromatic rings. The van der Waals surface area contributed by atoms with Crippen LogP contribution in [0.25, 0.3) is 0 Å². The standard InChI is InChI=1S/C14H15ClFN3O4S/c1-24(22,23)17-14(16)8-9(15)5-6-11(14)19-12(20)10-4-2-3-7-18(10)13(19)21/h4-6,8,11,17H,2-3,7H2,1H3. The van der Waals surface area contributed by atoms with Gasteiger partial charge < -0.3 is 0 Å². The fourth-order valence-electron chi connectivity index (χ4n) is 3.01. The smallest absolute Gasteiger partial charge is 0.289 e. The first-order chi connectivity index (χ1) is 11.1. The van der Waals surface area contributed by atoms with Crippen molar-refractivity contribution in [2.24, 2.45) is 0 Å². The third-order valence-corrected chi connectivity index (χ3v) is 4.84. The maximum absolute atomic E-state index is 15.4. The normalized spacial score (nSPS) is 30.4. The second-order valence-electron chi connectivity index (χ2n) is 5.82. The van der Waals surface area contributed by atoms with Gasteiger partial charge in [-0.15, -0.1) is 0 Å². The fourth-order valence-corrected chi connectivity index (χ4v) is 3.99. The Hall–Kier alpha value is -1.71. The topological polar surface area (TPSA) is 86.8 Å². The van der Waals surface area contributed by atoms with Gasteiger partial charge in [-0.25, -0.2) is 22.5 Å². The van der Waals surface area contributed by atoms with Crippen molar-refractivity contribution >= 4 is 33.6 Å². The molecule has 0 spiro atoms. The van der Waals surface area contributed by atoms with Gasteiger partial charge in [0.1, 0.15) is 11.7 Å². The summed E-state index contributed by atoms with van der Waals surface area (Å²) >= 11 is 5.79. The van der Waals surface area contributed by atoms with Crippen LogP contribution in [-0.4, -0.2) is 54.8 Å². The summed E-state index contributed by atoms with van der Waals surface area (Å²) in [6, 6.07) is -2.15. The molecule has 24 heavy (non-hydrogen) atoms. The van der Waals surface area contributed by atoms with E-state index in [2.05, 4.69) is 0 Å². The number of alkyl halides is 1. The van der Waals surface area contributed by atoms with E-state index in [1.165, 1.54) is 17.1 Å². The molecule has 0 aromatic heterocycles. The van der Waals surface area contributed by atoms with Crippen LogP contribution in [-0.2, 0) is 14.8 Å². The molecule has 1 N–H and O–H groups in total. The third kappa shape index (κ3) is 2.87. The Labute approximate surface area is 143 Å². The fraction of sp³-hybridized carbons (Fsp3) is 0.429. The van der Waals surface area contributed by atoms with E-state index in [0.29, 0.717) is 19.4 Å². The Balaban J connectivity index is 2.02. The van der Waals surface area contributed by atoms with E-state index in [0.717, 1.165) is 17.2 Å². The van der Waals surface area contributed by atoms with Gasteiger partial charge in [0.05, 0.1) is 6.26 Å². The molecule has 1 saturated heterocycles. The van der Waals surface area contributed by atoms with Crippen LogP contribution < -0.4 is 4.72 Å². The molecule has 10 heteroatoms. The average Bonchev–Trinajstić information content (AvgIpc) is 2.70. The molecular weight excluding hydrogens is 361 g/mol. The number of nitrogens with zero attached hydrogens (tertiary/aromatic N) is 2. The number of amides is 3. The van der Waals surface area contributed by atoms with Crippen molar-refractivity contribution in [3.8, 4) is 0 Å². The lowest BCUT2D eigenvalue weighted by molar-refractivity contribution is -0.125. The molecule has 1 aliphatic carbocycles. The van der Waals surface area contributed by atoms with Crippen LogP contribution in [0.4, 0.5) is 9.18 Å². The van der Waals surface area contributed by atoms with Crippen LogP contribution in [0.2, 0.25) is 0 Å². The number of urea groups is 1. The third-order valence-electron chi connectivity index (χ3n) is 3.93. The summed E-state index contributed by atoms with van der Waals surface area (Å²) in [5, 5.41) is -0.0408. The van der Waals surface area contributed by atoms with E-state index in [4.69, 9.17) is 11.6 Å². The highest BCUT2D eigenvalue weighted by Crippen LogP contribution is 2.35. The molecule has 3 aliphatic rings. The van der Waals surface area contributed by atoms with Gasteiger partial charge in [0, 0.05) is 11.6 Å². The van der Waals surface area contributed by atoms with Gasteiger partial charge in [0.25, 0.3) is 5.91 Å². The molecule has 3 rings (SSSR count). The first-order valence-corrected chi connectivity index (χ1v) is 9.49. The van der Waals surface area contributed by atoms with Gasteiger partial charge in [-0.3, -0.25) is 9.69 Å². The van der Waals surface area contributed by atoms with Crippen molar-refractivity contribution in [1.82, 2.24) is 14.5 Å². The molecule has 3 amide bonds. The van der Waals surface area contributed by atoms with E-state index in [1.54, 1.807) is 6.08 Å². The second kappa shape index (κ2) is 5.68. The van der Waals surface area contributed by atoms with Crippen LogP contribution in [0.3, 0.4) is 0 Å². The summed E-state index contributed by atoms with van der Waals surface area (Å²) in [5.74, 6) is -3.38. The Bertz CT molecular complexity index is 807. The maximum atomic E-state index is 15.4. The zero-order valence-corrected chi connectivity index (χ0v) is 14.3. The summed E-state index contributed by atoms with van der Waals surface area (Å²) in [5.41, 5.74) is 0.196. The van der Waals surface area contributed by atoms with E-state index in [9.17, 15) is 18.0 Å². The number of carbonyl (C=O) groups excluding carboxylic acids is 2. The molecule has 0 bridgehead atoms. The quantitative estimate of drug-likeness (QED) is 0.593. The molecular formula is C14H15ClFN3O4S. The minimum absolute atomic E-state index is 0.0408. The van der Waals surface area contributed by atoms with E-state index >= 15 is 4.39 Å². The SMILES string of the molecule is CS(=O)(=O)NC1(F)C=C(Cl)C=CC1N1C(=O)C2=CCCCN2C1=O. The first-order valence-electron chi connectivity index (χ1n) is 7.22. The van der Waals surface area contributed by atoms with Crippen molar-refractivity contribution in [3.05, 3.63) is 35.0 Å². The molecule has 2 aliphatic heterocycles. The summed E-state index contributed by atoms with van der Waals surface area (Å²) in [6.45, 7) is 0.360. The Morgan fingerprint density at radius 3 is 2.75 bits per heavy atom. The molecule has 0 saturated carbocycles. The predicted molar refractivity (Wildman–Crippen MR) is 84.9 cm³/mol. The molecule has 7 nitrogen and oxygen atoms in total. The van der Waals surface area contributed by atoms with Crippen molar-refractivity contribution in [1.29, 1.82) is 0 Å². The number of nitrogens with one attached hydrogen (secondary N) is 1. The first kappa shape index (κ1) is 17.1. The number of hydrogen-bond acceptors (Lipinski definition) is 4. The molecule has 130 valence electrons. The Morgan fingerprint density at radius 1 is 1.42 bits per heavy atom. The minimum atomic E-state index is -3.97. The molecule has 2 unspecified atom stereocenters. The number of fused-ring (bicyclic) bond motifs is 1. The summed E-state index contributed by atoms with van der Waals surface area (Å²) < 4.78 is 40.3. The largest absolute Gasteiger partial charge is 0.332 e. The van der Waals surface area contributed by atoms with Crippen molar-refractivity contribution < 1.29 is 22.4 Å². The lowest BCUT2D eigenvalue weighted by atomic mass is 9.99. The van der Waals surface area contributed by atoms with Gasteiger partial charge in [0.15, 0.2) is 0 Å². The second-order valence-corrected chi connectivity index (χ2v) is 8.00. The van der Waals surface area contributed by atoms with Gasteiger partial charge in [-0.05, 0) is 25.0 Å². The van der Waals surface area contributed by atoms with Crippen LogP contribution >= 0.6 is 11.6 Å². The summed E-state index contributed by atoms with van der Waals surface area (Å²) in [7, 11) is -3.97. The van der Waals surface area contributed by atoms with Crippen LogP contribution in [0.1, 0.15) is 12.8 Å². The highest BCUT2D eigenvalue weighted by Gasteiger charge is 2.53. The number of imide groups is 1. The Morgan fingerprint density at radius 2 is 2.12 bits per heavy atom. The summed E-state index contributed by atoms with van der Waals surface area (Å²) in [6.07, 6.45) is 7.12. The predicted octanol–water partition coefficient (Wildman–Crippen LogP) is 1.20. The Kier molecular flexibility index (Phi) is 4.05. The van der Waals surface area contributed by atoms with Crippen LogP contribution in [0.5, 0.6) is 0 Å². The number of carbonyl (C=O) groups is 2. The zero-order chi connectivity index (χ0) is 17.7. The van der Waals surface area contributed by atoms with Gasteiger partial charge in [-0.1, -0.05) is 23.8 Å². The molecule has 2 atom stereocenters. The molecule has 2 heterocycles. The number of rotatable bonds is 3. The highest BCUT2D eigenvalue weighted by molar-refractivity contribution is 7.88. The van der Waals surface area contributed by atoms with Gasteiger partial charge >= 0.3 is 6.03 Å². The number of allylic oxidation sites excluding steroid dienone is 3. The number of hydrogen-bond donors (Lipinski definition) is 1. The van der Waals surface area contributed by atoms with Gasteiger partial charge in [0.2, 0.25) is 15.8 Å². The molecule has 1 fully saturated rings. The number of sulfonamides is 1. The van der Waals surface area contributed by atoms with Crippen molar-refractivity contribution in [2.75, 3.05) is 12.8 Å². The van der Waals surface area contributed by atoms with E-state index < -0.39 is 33.8 Å². The highest BCUT2D eigenvalue weighted by atomic mass is 35.5. The van der Waals surface area contributed by atoms with Gasteiger partial charge in [-0.2, -0.15) is 4.72 Å². The lowest BCUT2D eigenvalue weighted by Crippen LogP contribution is -2.60. The summed E-state index contributed by atoms with van der Waals surface area (Å²) in [4.78, 5) is 27.1. The molecule has 0 aromatic carbocycles. The average molecular weight is 376 g/mol. The number of halogens is 2. The zero-order valence-electron chi connectivity index (χ0n) is 12.7. The van der Waals surface area contributed by atoms with Crippen LogP contribution in [0, 0.1) is 0 Å². The lowest BCUT2D eigenvalue weighted by Gasteiger charge is -2.36.